The molecule has 5 nitrogen and oxygen atoms in total. The number of anilines is 1. The molecule has 1 saturated heterocycles. The monoisotopic (exact) mass is 282 g/mol. The molecule has 1 fully saturated rings. The molecule has 0 saturated carbocycles. The first-order valence-electron chi connectivity index (χ1n) is 6.49. The van der Waals surface area contributed by atoms with Gasteiger partial charge in [0.2, 0.25) is 0 Å². The number of nitrogens with two attached hydrogens (primary N) is 1. The zero-order chi connectivity index (χ0) is 14.0. The predicted octanol–water partition coefficient (Wildman–Crippen LogP) is 2.42. The quantitative estimate of drug-likeness (QED) is 0.496. The van der Waals surface area contributed by atoms with Crippen molar-refractivity contribution >= 4 is 23.3 Å². The van der Waals surface area contributed by atoms with Crippen molar-refractivity contribution in [2.24, 2.45) is 5.84 Å². The summed E-state index contributed by atoms with van der Waals surface area (Å²) in [5, 5.41) is 0.260. The van der Waals surface area contributed by atoms with Crippen LogP contribution in [0.5, 0.6) is 0 Å². The number of piperidine rings is 1. The lowest BCUT2D eigenvalue weighted by atomic mass is 9.96. The molecule has 1 aliphatic heterocycles. The van der Waals surface area contributed by atoms with Crippen LogP contribution in [-0.2, 0) is 0 Å². The molecule has 6 heteroatoms. The molecule has 2 atom stereocenters. The summed E-state index contributed by atoms with van der Waals surface area (Å²) in [4.78, 5) is 18.5. The SMILES string of the molecule is CC1CCCC(C)N1C(=O)c1cc(Cl)nc(NN)c1. The number of nitrogen functional groups attached to an aromatic ring is 1. The van der Waals surface area contributed by atoms with Crippen LogP contribution in [0.15, 0.2) is 12.1 Å². The van der Waals surface area contributed by atoms with Crippen LogP contribution in [0.1, 0.15) is 43.5 Å². The smallest absolute Gasteiger partial charge is 0.254 e. The molecule has 2 rings (SSSR count). The molecule has 104 valence electrons. The van der Waals surface area contributed by atoms with Gasteiger partial charge in [-0.1, -0.05) is 11.6 Å². The summed E-state index contributed by atoms with van der Waals surface area (Å²) in [7, 11) is 0. The number of halogens is 1. The Hall–Kier alpha value is -1.33. The van der Waals surface area contributed by atoms with E-state index in [1.54, 1.807) is 12.1 Å². The van der Waals surface area contributed by atoms with Gasteiger partial charge in [-0.25, -0.2) is 10.8 Å². The first-order valence-corrected chi connectivity index (χ1v) is 6.87. The number of hydrogen-bond donors (Lipinski definition) is 2. The highest BCUT2D eigenvalue weighted by molar-refractivity contribution is 6.29. The van der Waals surface area contributed by atoms with E-state index in [1.807, 2.05) is 4.90 Å². The van der Waals surface area contributed by atoms with E-state index in [-0.39, 0.29) is 23.1 Å². The number of hydrogen-bond acceptors (Lipinski definition) is 4. The zero-order valence-electron chi connectivity index (χ0n) is 11.2. The summed E-state index contributed by atoms with van der Waals surface area (Å²) >= 11 is 5.91. The number of aromatic nitrogens is 1. The van der Waals surface area contributed by atoms with E-state index in [0.717, 1.165) is 12.8 Å². The highest BCUT2D eigenvalue weighted by Gasteiger charge is 2.29. The lowest BCUT2D eigenvalue weighted by Gasteiger charge is -2.39. The number of rotatable bonds is 2. The Kier molecular flexibility index (Phi) is 4.27. The third kappa shape index (κ3) is 2.98. The average molecular weight is 283 g/mol. The van der Waals surface area contributed by atoms with Gasteiger partial charge in [0, 0.05) is 17.6 Å². The molecule has 0 aromatic carbocycles. The van der Waals surface area contributed by atoms with Crippen LogP contribution in [0.2, 0.25) is 5.15 Å². The minimum Gasteiger partial charge on any atom is -0.333 e. The van der Waals surface area contributed by atoms with E-state index in [2.05, 4.69) is 24.3 Å². The van der Waals surface area contributed by atoms with Crippen LogP contribution in [0, 0.1) is 0 Å². The van der Waals surface area contributed by atoms with E-state index in [4.69, 9.17) is 17.4 Å². The van der Waals surface area contributed by atoms with Crippen LogP contribution >= 0.6 is 11.6 Å². The summed E-state index contributed by atoms with van der Waals surface area (Å²) in [6, 6.07) is 3.70. The molecular formula is C13H19ClN4O. The molecule has 1 aliphatic rings. The summed E-state index contributed by atoms with van der Waals surface area (Å²) in [6.45, 7) is 4.16. The van der Waals surface area contributed by atoms with Crippen molar-refractivity contribution in [1.82, 2.24) is 9.88 Å². The number of carbonyl (C=O) groups is 1. The largest absolute Gasteiger partial charge is 0.333 e. The first-order chi connectivity index (χ1) is 9.02. The number of hydrazine groups is 1. The predicted molar refractivity (Wildman–Crippen MR) is 76.0 cm³/mol. The normalized spacial score (nSPS) is 23.3. The summed E-state index contributed by atoms with van der Waals surface area (Å²) in [5.41, 5.74) is 2.94. The topological polar surface area (TPSA) is 71.2 Å². The minimum absolute atomic E-state index is 0.0134. The maximum Gasteiger partial charge on any atom is 0.254 e. The van der Waals surface area contributed by atoms with Gasteiger partial charge >= 0.3 is 0 Å². The van der Waals surface area contributed by atoms with E-state index in [9.17, 15) is 4.79 Å². The van der Waals surface area contributed by atoms with Crippen molar-refractivity contribution in [2.75, 3.05) is 5.43 Å². The lowest BCUT2D eigenvalue weighted by molar-refractivity contribution is 0.0510. The summed E-state index contributed by atoms with van der Waals surface area (Å²) < 4.78 is 0. The zero-order valence-corrected chi connectivity index (χ0v) is 11.9. The summed E-state index contributed by atoms with van der Waals surface area (Å²) in [5.74, 6) is 5.71. The fourth-order valence-corrected chi connectivity index (χ4v) is 2.87. The van der Waals surface area contributed by atoms with Crippen LogP contribution in [-0.4, -0.2) is 27.9 Å². The number of likely N-dealkylation sites (tertiary alicyclic amines) is 1. The van der Waals surface area contributed by atoms with Crippen molar-refractivity contribution < 1.29 is 4.79 Å². The molecule has 0 spiro atoms. The van der Waals surface area contributed by atoms with Gasteiger partial charge in [-0.15, -0.1) is 0 Å². The Labute approximate surface area is 118 Å². The second-order valence-corrected chi connectivity index (χ2v) is 5.44. The lowest BCUT2D eigenvalue weighted by Crippen LogP contribution is -2.47. The molecule has 2 unspecified atom stereocenters. The van der Waals surface area contributed by atoms with Crippen molar-refractivity contribution in [1.29, 1.82) is 0 Å². The van der Waals surface area contributed by atoms with Gasteiger partial charge in [-0.2, -0.15) is 0 Å². The Morgan fingerprint density at radius 3 is 2.63 bits per heavy atom. The van der Waals surface area contributed by atoms with Gasteiger partial charge in [0.1, 0.15) is 11.0 Å². The van der Waals surface area contributed by atoms with Gasteiger partial charge in [0.05, 0.1) is 0 Å². The van der Waals surface area contributed by atoms with Crippen molar-refractivity contribution in [2.45, 2.75) is 45.2 Å². The number of amides is 1. The fraction of sp³-hybridized carbons (Fsp3) is 0.538. The Morgan fingerprint density at radius 2 is 2.05 bits per heavy atom. The van der Waals surface area contributed by atoms with E-state index in [1.165, 1.54) is 6.42 Å². The number of pyridine rings is 1. The van der Waals surface area contributed by atoms with Crippen LogP contribution in [0.3, 0.4) is 0 Å². The first kappa shape index (κ1) is 14.1. The second kappa shape index (κ2) is 5.75. The van der Waals surface area contributed by atoms with Crippen LogP contribution < -0.4 is 11.3 Å². The maximum atomic E-state index is 12.6. The van der Waals surface area contributed by atoms with E-state index in [0.29, 0.717) is 11.4 Å². The van der Waals surface area contributed by atoms with Gasteiger partial charge in [0.25, 0.3) is 5.91 Å². The van der Waals surface area contributed by atoms with Gasteiger partial charge < -0.3 is 10.3 Å². The van der Waals surface area contributed by atoms with Gasteiger partial charge in [0.15, 0.2) is 0 Å². The Bertz CT molecular complexity index is 470. The van der Waals surface area contributed by atoms with Crippen molar-refractivity contribution in [3.63, 3.8) is 0 Å². The van der Waals surface area contributed by atoms with E-state index >= 15 is 0 Å². The minimum atomic E-state index is -0.0134. The third-order valence-corrected chi connectivity index (χ3v) is 3.81. The molecule has 1 aromatic heterocycles. The molecule has 1 amide bonds. The second-order valence-electron chi connectivity index (χ2n) is 5.05. The molecule has 2 heterocycles. The molecule has 0 radical (unpaired) electrons. The highest BCUT2D eigenvalue weighted by atomic mass is 35.5. The van der Waals surface area contributed by atoms with E-state index < -0.39 is 0 Å². The Morgan fingerprint density at radius 1 is 1.42 bits per heavy atom. The number of carbonyl (C=O) groups excluding carboxylic acids is 1. The third-order valence-electron chi connectivity index (χ3n) is 3.62. The number of nitrogens with one attached hydrogen (secondary N) is 1. The molecule has 0 aliphatic carbocycles. The van der Waals surface area contributed by atoms with Crippen LogP contribution in [0.4, 0.5) is 5.82 Å². The molecule has 0 bridgehead atoms. The van der Waals surface area contributed by atoms with Gasteiger partial charge in [-0.3, -0.25) is 4.79 Å². The maximum absolute atomic E-state index is 12.6. The van der Waals surface area contributed by atoms with Crippen molar-refractivity contribution in [3.8, 4) is 0 Å². The molecule has 1 aromatic rings. The number of nitrogens with zero attached hydrogens (tertiary/aromatic N) is 2. The Balaban J connectivity index is 2.30. The average Bonchev–Trinajstić information content (AvgIpc) is 2.37. The van der Waals surface area contributed by atoms with Gasteiger partial charge in [-0.05, 0) is 45.2 Å². The summed E-state index contributed by atoms with van der Waals surface area (Å²) in [6.07, 6.45) is 3.24. The van der Waals surface area contributed by atoms with Crippen molar-refractivity contribution in [3.05, 3.63) is 22.8 Å². The van der Waals surface area contributed by atoms with Crippen LogP contribution in [0.25, 0.3) is 0 Å². The standard InChI is InChI=1S/C13H19ClN4O/c1-8-4-3-5-9(2)18(8)13(19)10-6-11(14)16-12(7-10)17-15/h6-9H,3-5,15H2,1-2H3,(H,16,17). The fourth-order valence-electron chi connectivity index (χ4n) is 2.66. The molecule has 3 N–H and O–H groups in total. The molecule has 19 heavy (non-hydrogen) atoms. The highest BCUT2D eigenvalue weighted by Crippen LogP contribution is 2.25. The molecular weight excluding hydrogens is 264 g/mol.